The number of ether oxygens (including phenoxy) is 1. The number of aromatic nitrogens is 2. The summed E-state index contributed by atoms with van der Waals surface area (Å²) in [5, 5.41) is 7.98. The van der Waals surface area contributed by atoms with E-state index in [-0.39, 0.29) is 30.8 Å². The quantitative estimate of drug-likeness (QED) is 0.655. The number of hydrogen-bond acceptors (Lipinski definition) is 3. The summed E-state index contributed by atoms with van der Waals surface area (Å²) in [6.45, 7) is 1.77. The van der Waals surface area contributed by atoms with E-state index in [0.717, 1.165) is 5.56 Å². The summed E-state index contributed by atoms with van der Waals surface area (Å²) < 4.78 is 43.2. The fraction of sp³-hybridized carbons (Fsp3) is 0.294. The molecule has 0 fully saturated rings. The van der Waals surface area contributed by atoms with Gasteiger partial charge < -0.3 is 10.1 Å². The second-order valence-electron chi connectivity index (χ2n) is 5.11. The molecule has 1 heterocycles. The van der Waals surface area contributed by atoms with Crippen LogP contribution in [0.4, 0.5) is 18.0 Å². The number of aromatic amines is 1. The summed E-state index contributed by atoms with van der Waals surface area (Å²) >= 11 is 0. The average Bonchev–Trinajstić information content (AvgIpc) is 2.95. The number of benzene rings is 1. The number of nitrogens with zero attached hydrogens (tertiary/aromatic N) is 1. The SMILES string of the molecule is Cc1[nH]nc(C(F)(F)F)c1C#CCCNC(=O)OCc1ccccc1. The van der Waals surface area contributed by atoms with Gasteiger partial charge in [-0.2, -0.15) is 18.3 Å². The highest BCUT2D eigenvalue weighted by atomic mass is 19.4. The normalized spacial score (nSPS) is 10.7. The van der Waals surface area contributed by atoms with Crippen molar-refractivity contribution < 1.29 is 22.7 Å². The molecule has 0 saturated heterocycles. The Bertz CT molecular complexity index is 774. The Morgan fingerprint density at radius 1 is 1.32 bits per heavy atom. The molecule has 0 atom stereocenters. The fourth-order valence-electron chi connectivity index (χ4n) is 1.94. The van der Waals surface area contributed by atoms with E-state index in [9.17, 15) is 18.0 Å². The smallest absolute Gasteiger partial charge is 0.436 e. The van der Waals surface area contributed by atoms with E-state index in [4.69, 9.17) is 4.74 Å². The van der Waals surface area contributed by atoms with Gasteiger partial charge in [-0.15, -0.1) is 0 Å². The van der Waals surface area contributed by atoms with E-state index in [0.29, 0.717) is 0 Å². The molecule has 5 nitrogen and oxygen atoms in total. The molecule has 2 aromatic rings. The van der Waals surface area contributed by atoms with E-state index in [1.165, 1.54) is 6.92 Å². The molecule has 1 aromatic heterocycles. The fourth-order valence-corrected chi connectivity index (χ4v) is 1.94. The minimum Gasteiger partial charge on any atom is -0.445 e. The summed E-state index contributed by atoms with van der Waals surface area (Å²) in [6, 6.07) is 9.17. The van der Waals surface area contributed by atoms with Crippen LogP contribution < -0.4 is 5.32 Å². The predicted molar refractivity (Wildman–Crippen MR) is 84.5 cm³/mol. The van der Waals surface area contributed by atoms with Crippen molar-refractivity contribution in [1.82, 2.24) is 15.5 Å². The molecular weight excluding hydrogens is 335 g/mol. The number of hydrogen-bond donors (Lipinski definition) is 2. The Balaban J connectivity index is 1.78. The third-order valence-corrected chi connectivity index (χ3v) is 3.16. The second-order valence-corrected chi connectivity index (χ2v) is 5.11. The molecule has 0 aliphatic heterocycles. The van der Waals surface area contributed by atoms with Crippen LogP contribution in [0.5, 0.6) is 0 Å². The standard InChI is InChI=1S/C17H16F3N3O2/c1-12-14(15(23-22-12)17(18,19)20)9-5-6-10-21-16(24)25-11-13-7-3-2-4-8-13/h2-4,7-8H,6,10-11H2,1H3,(H,21,24)(H,22,23). The van der Waals surface area contributed by atoms with Gasteiger partial charge in [-0.3, -0.25) is 5.10 Å². The summed E-state index contributed by atoms with van der Waals surface area (Å²) in [6.07, 6.45) is -4.99. The molecule has 0 bridgehead atoms. The van der Waals surface area contributed by atoms with Crippen molar-refractivity contribution in [3.63, 3.8) is 0 Å². The summed E-state index contributed by atoms with van der Waals surface area (Å²) in [7, 11) is 0. The first-order valence-corrected chi connectivity index (χ1v) is 7.43. The van der Waals surface area contributed by atoms with Crippen molar-refractivity contribution in [3.05, 3.63) is 52.8 Å². The molecule has 0 saturated carbocycles. The molecule has 0 aliphatic carbocycles. The van der Waals surface area contributed by atoms with Gasteiger partial charge in [0, 0.05) is 18.7 Å². The van der Waals surface area contributed by atoms with Crippen LogP contribution in [0.15, 0.2) is 30.3 Å². The van der Waals surface area contributed by atoms with Crippen molar-refractivity contribution in [3.8, 4) is 11.8 Å². The first-order chi connectivity index (χ1) is 11.9. The van der Waals surface area contributed by atoms with Crippen LogP contribution >= 0.6 is 0 Å². The maximum atomic E-state index is 12.7. The van der Waals surface area contributed by atoms with Crippen molar-refractivity contribution in [1.29, 1.82) is 0 Å². The lowest BCUT2D eigenvalue weighted by atomic mass is 10.2. The molecule has 25 heavy (non-hydrogen) atoms. The first kappa shape index (κ1) is 18.4. The maximum absolute atomic E-state index is 12.7. The lowest BCUT2D eigenvalue weighted by Gasteiger charge is -2.05. The highest BCUT2D eigenvalue weighted by Gasteiger charge is 2.37. The molecular formula is C17H16F3N3O2. The Kier molecular flexibility index (Phi) is 6.06. The van der Waals surface area contributed by atoms with Gasteiger partial charge in [0.15, 0.2) is 5.69 Å². The van der Waals surface area contributed by atoms with Crippen molar-refractivity contribution in [2.45, 2.75) is 26.1 Å². The van der Waals surface area contributed by atoms with Gasteiger partial charge in [-0.1, -0.05) is 42.2 Å². The maximum Gasteiger partial charge on any atom is 0.436 e. The molecule has 132 valence electrons. The number of alkyl halides is 3. The van der Waals surface area contributed by atoms with Gasteiger partial charge in [-0.25, -0.2) is 4.79 Å². The van der Waals surface area contributed by atoms with Crippen LogP contribution in [0.1, 0.15) is 28.9 Å². The highest BCUT2D eigenvalue weighted by molar-refractivity contribution is 5.67. The zero-order chi connectivity index (χ0) is 18.3. The van der Waals surface area contributed by atoms with Crippen molar-refractivity contribution >= 4 is 6.09 Å². The van der Waals surface area contributed by atoms with Crippen LogP contribution in [0.25, 0.3) is 0 Å². The first-order valence-electron chi connectivity index (χ1n) is 7.43. The van der Waals surface area contributed by atoms with Crippen molar-refractivity contribution in [2.24, 2.45) is 0 Å². The van der Waals surface area contributed by atoms with Crippen LogP contribution in [-0.2, 0) is 17.5 Å². The Labute approximate surface area is 142 Å². The third kappa shape index (κ3) is 5.57. The Hall–Kier alpha value is -2.95. The van der Waals surface area contributed by atoms with Crippen LogP contribution in [-0.4, -0.2) is 22.8 Å². The number of nitrogens with one attached hydrogen (secondary N) is 2. The largest absolute Gasteiger partial charge is 0.445 e. The second kappa shape index (κ2) is 8.24. The van der Waals surface area contributed by atoms with E-state index in [1.54, 1.807) is 0 Å². The number of alkyl carbamates (subject to hydrolysis) is 1. The molecule has 2 N–H and O–H groups in total. The summed E-state index contributed by atoms with van der Waals surface area (Å²) in [5.74, 6) is 5.03. The van der Waals surface area contributed by atoms with Gasteiger partial charge in [0.1, 0.15) is 6.61 Å². The van der Waals surface area contributed by atoms with Gasteiger partial charge in [0.25, 0.3) is 0 Å². The Morgan fingerprint density at radius 3 is 2.72 bits per heavy atom. The molecule has 1 amide bonds. The molecule has 1 aromatic carbocycles. The number of halogens is 3. The number of aryl methyl sites for hydroxylation is 1. The lowest BCUT2D eigenvalue weighted by molar-refractivity contribution is -0.141. The van der Waals surface area contributed by atoms with E-state index in [2.05, 4.69) is 27.4 Å². The van der Waals surface area contributed by atoms with E-state index < -0.39 is 18.0 Å². The topological polar surface area (TPSA) is 67.0 Å². The third-order valence-electron chi connectivity index (χ3n) is 3.16. The number of carbonyl (C=O) groups is 1. The minimum absolute atomic E-state index is 0.140. The Morgan fingerprint density at radius 2 is 2.04 bits per heavy atom. The zero-order valence-corrected chi connectivity index (χ0v) is 13.4. The lowest BCUT2D eigenvalue weighted by Crippen LogP contribution is -2.24. The van der Waals surface area contributed by atoms with E-state index in [1.807, 2.05) is 30.3 Å². The molecule has 0 unspecified atom stereocenters. The molecule has 0 aliphatic rings. The average molecular weight is 351 g/mol. The molecule has 0 radical (unpaired) electrons. The van der Waals surface area contributed by atoms with Crippen LogP contribution in [0.3, 0.4) is 0 Å². The number of rotatable bonds is 4. The van der Waals surface area contributed by atoms with Crippen LogP contribution in [0.2, 0.25) is 0 Å². The van der Waals surface area contributed by atoms with E-state index >= 15 is 0 Å². The molecule has 8 heteroatoms. The number of carbonyl (C=O) groups excluding carboxylic acids is 1. The highest BCUT2D eigenvalue weighted by Crippen LogP contribution is 2.30. The summed E-state index contributed by atoms with van der Waals surface area (Å²) in [4.78, 5) is 11.5. The number of amides is 1. The van der Waals surface area contributed by atoms with Crippen LogP contribution in [0, 0.1) is 18.8 Å². The van der Waals surface area contributed by atoms with Crippen molar-refractivity contribution in [2.75, 3.05) is 6.54 Å². The van der Waals surface area contributed by atoms with Gasteiger partial charge in [0.2, 0.25) is 0 Å². The minimum atomic E-state index is -4.56. The van der Waals surface area contributed by atoms with Gasteiger partial charge >= 0.3 is 12.3 Å². The zero-order valence-electron chi connectivity index (χ0n) is 13.4. The van der Waals surface area contributed by atoms with Gasteiger partial charge in [-0.05, 0) is 12.5 Å². The monoisotopic (exact) mass is 351 g/mol. The number of H-pyrrole nitrogens is 1. The predicted octanol–water partition coefficient (Wildman–Crippen LogP) is 3.40. The van der Waals surface area contributed by atoms with Gasteiger partial charge in [0.05, 0.1) is 5.56 Å². The molecule has 2 rings (SSSR count). The molecule has 0 spiro atoms. The summed E-state index contributed by atoms with van der Waals surface area (Å²) in [5.41, 5.74) is -0.116.